The van der Waals surface area contributed by atoms with E-state index in [9.17, 15) is 4.39 Å². The normalized spacial score (nSPS) is 14.8. The molecule has 1 aromatic heterocycles. The lowest BCUT2D eigenvalue weighted by Gasteiger charge is -2.17. The van der Waals surface area contributed by atoms with Gasteiger partial charge in [0.05, 0.1) is 5.52 Å². The number of nitrogens with zero attached hydrogens (tertiary/aromatic N) is 1. The number of hydrogen-bond acceptors (Lipinski definition) is 2. The molecular weight excluding hydrogens is 378 g/mol. The van der Waals surface area contributed by atoms with Gasteiger partial charge in [0, 0.05) is 26.9 Å². The molecule has 112 valence electrons. The molecule has 1 N–H and O–H groups in total. The van der Waals surface area contributed by atoms with E-state index in [-0.39, 0.29) is 5.82 Å². The molecule has 0 saturated heterocycles. The summed E-state index contributed by atoms with van der Waals surface area (Å²) < 4.78 is 14.7. The van der Waals surface area contributed by atoms with Crippen LogP contribution in [-0.4, -0.2) is 11.5 Å². The Hall–Kier alpha value is -0.910. The summed E-state index contributed by atoms with van der Waals surface area (Å²) in [5.74, 6) is -0.179. The van der Waals surface area contributed by atoms with Crippen LogP contribution in [0.15, 0.2) is 12.1 Å². The predicted molar refractivity (Wildman–Crippen MR) is 94.5 cm³/mol. The van der Waals surface area contributed by atoms with Crippen molar-refractivity contribution in [1.29, 1.82) is 0 Å². The SMILES string of the molecule is CCCNc1c2c(nc3c(I)cc(F)cc13)CCCCC2. The highest BCUT2D eigenvalue weighted by atomic mass is 127. The molecule has 0 saturated carbocycles. The molecule has 0 bridgehead atoms. The molecule has 0 unspecified atom stereocenters. The van der Waals surface area contributed by atoms with Gasteiger partial charge >= 0.3 is 0 Å². The van der Waals surface area contributed by atoms with Crippen molar-refractivity contribution in [3.63, 3.8) is 0 Å². The molecule has 1 heterocycles. The number of rotatable bonds is 3. The van der Waals surface area contributed by atoms with Gasteiger partial charge in [-0.05, 0) is 72.4 Å². The van der Waals surface area contributed by atoms with E-state index in [1.54, 1.807) is 12.1 Å². The summed E-state index contributed by atoms with van der Waals surface area (Å²) in [4.78, 5) is 4.87. The van der Waals surface area contributed by atoms with Crippen LogP contribution in [0.1, 0.15) is 43.9 Å². The minimum atomic E-state index is -0.179. The Labute approximate surface area is 138 Å². The molecule has 1 aliphatic rings. The number of fused-ring (bicyclic) bond motifs is 2. The molecule has 0 amide bonds. The first-order chi connectivity index (χ1) is 10.2. The monoisotopic (exact) mass is 398 g/mol. The fourth-order valence-corrected chi connectivity index (χ4v) is 3.79. The quantitative estimate of drug-likeness (QED) is 0.577. The summed E-state index contributed by atoms with van der Waals surface area (Å²) in [5.41, 5.74) is 4.59. The lowest BCUT2D eigenvalue weighted by Crippen LogP contribution is -2.08. The number of aromatic nitrogens is 1. The van der Waals surface area contributed by atoms with Gasteiger partial charge < -0.3 is 5.32 Å². The van der Waals surface area contributed by atoms with E-state index in [1.165, 1.54) is 30.5 Å². The summed E-state index contributed by atoms with van der Waals surface area (Å²) in [7, 11) is 0. The van der Waals surface area contributed by atoms with Gasteiger partial charge in [-0.1, -0.05) is 13.3 Å². The van der Waals surface area contributed by atoms with Crippen molar-refractivity contribution in [3.8, 4) is 0 Å². The Morgan fingerprint density at radius 3 is 2.86 bits per heavy atom. The second kappa shape index (κ2) is 6.46. The highest BCUT2D eigenvalue weighted by Crippen LogP contribution is 2.35. The van der Waals surface area contributed by atoms with Crippen LogP contribution < -0.4 is 5.32 Å². The van der Waals surface area contributed by atoms with Crippen LogP contribution in [-0.2, 0) is 12.8 Å². The minimum absolute atomic E-state index is 0.179. The van der Waals surface area contributed by atoms with Crippen LogP contribution in [0.25, 0.3) is 10.9 Å². The zero-order chi connectivity index (χ0) is 14.8. The lowest BCUT2D eigenvalue weighted by molar-refractivity contribution is 0.628. The van der Waals surface area contributed by atoms with E-state index >= 15 is 0 Å². The van der Waals surface area contributed by atoms with Crippen LogP contribution in [0.5, 0.6) is 0 Å². The molecule has 1 aliphatic carbocycles. The molecule has 0 aliphatic heterocycles. The Kier molecular flexibility index (Phi) is 4.62. The predicted octanol–water partition coefficient (Wildman–Crippen LogP) is 5.07. The largest absolute Gasteiger partial charge is 0.384 e. The van der Waals surface area contributed by atoms with Crippen LogP contribution >= 0.6 is 22.6 Å². The van der Waals surface area contributed by atoms with Gasteiger partial charge in [-0.15, -0.1) is 0 Å². The highest BCUT2D eigenvalue weighted by Gasteiger charge is 2.18. The van der Waals surface area contributed by atoms with Gasteiger partial charge in [-0.25, -0.2) is 4.39 Å². The van der Waals surface area contributed by atoms with Gasteiger partial charge in [-0.3, -0.25) is 4.98 Å². The lowest BCUT2D eigenvalue weighted by atomic mass is 10.0. The van der Waals surface area contributed by atoms with Crippen LogP contribution in [0, 0.1) is 9.39 Å². The van der Waals surface area contributed by atoms with Crippen molar-refractivity contribution in [1.82, 2.24) is 4.98 Å². The van der Waals surface area contributed by atoms with Crippen molar-refractivity contribution in [2.24, 2.45) is 0 Å². The van der Waals surface area contributed by atoms with E-state index in [2.05, 4.69) is 34.8 Å². The van der Waals surface area contributed by atoms with E-state index < -0.39 is 0 Å². The van der Waals surface area contributed by atoms with E-state index in [1.807, 2.05) is 0 Å². The van der Waals surface area contributed by atoms with E-state index in [0.717, 1.165) is 46.0 Å². The number of anilines is 1. The number of pyridine rings is 1. The van der Waals surface area contributed by atoms with Crippen molar-refractivity contribution in [3.05, 3.63) is 32.8 Å². The number of benzene rings is 1. The molecular formula is C17H20FIN2. The maximum atomic E-state index is 13.9. The fourth-order valence-electron chi connectivity index (χ4n) is 3.08. The molecule has 21 heavy (non-hydrogen) atoms. The zero-order valence-corrected chi connectivity index (χ0v) is 14.5. The highest BCUT2D eigenvalue weighted by molar-refractivity contribution is 14.1. The van der Waals surface area contributed by atoms with Crippen LogP contribution in [0.2, 0.25) is 0 Å². The molecule has 3 rings (SSSR count). The smallest absolute Gasteiger partial charge is 0.125 e. The molecule has 2 aromatic rings. The summed E-state index contributed by atoms with van der Waals surface area (Å²) >= 11 is 2.19. The summed E-state index contributed by atoms with van der Waals surface area (Å²) in [6.45, 7) is 3.07. The Bertz CT molecular complexity index is 670. The summed E-state index contributed by atoms with van der Waals surface area (Å²) in [5, 5.41) is 4.48. The maximum Gasteiger partial charge on any atom is 0.125 e. The van der Waals surface area contributed by atoms with Crippen molar-refractivity contribution in [2.45, 2.75) is 45.4 Å². The molecule has 0 atom stereocenters. The summed E-state index contributed by atoms with van der Waals surface area (Å²) in [6.07, 6.45) is 6.82. The molecule has 0 fully saturated rings. The van der Waals surface area contributed by atoms with Crippen LogP contribution in [0.4, 0.5) is 10.1 Å². The zero-order valence-electron chi connectivity index (χ0n) is 12.3. The Morgan fingerprint density at radius 2 is 2.05 bits per heavy atom. The number of nitrogens with one attached hydrogen (secondary N) is 1. The average Bonchev–Trinajstić information content (AvgIpc) is 2.69. The standard InChI is InChI=1S/C17H20FIN2/c1-2-8-20-16-12-6-4-3-5-7-15(12)21-17-13(16)9-11(18)10-14(17)19/h9-10H,2-8H2,1H3,(H,20,21). The second-order valence-corrected chi connectivity index (χ2v) is 6.85. The van der Waals surface area contributed by atoms with Gasteiger partial charge in [0.1, 0.15) is 5.82 Å². The topological polar surface area (TPSA) is 24.9 Å². The van der Waals surface area contributed by atoms with E-state index in [4.69, 9.17) is 4.98 Å². The third kappa shape index (κ3) is 3.00. The van der Waals surface area contributed by atoms with Crippen molar-refractivity contribution < 1.29 is 4.39 Å². The Morgan fingerprint density at radius 1 is 1.24 bits per heavy atom. The van der Waals surface area contributed by atoms with Crippen molar-refractivity contribution in [2.75, 3.05) is 11.9 Å². The molecule has 0 radical (unpaired) electrons. The number of halogens is 2. The minimum Gasteiger partial charge on any atom is -0.384 e. The first kappa shape index (κ1) is 15.0. The molecule has 1 aromatic carbocycles. The van der Waals surface area contributed by atoms with Gasteiger partial charge in [0.15, 0.2) is 0 Å². The third-order valence-electron chi connectivity index (χ3n) is 4.09. The molecule has 4 heteroatoms. The molecule has 2 nitrogen and oxygen atoms in total. The fraction of sp³-hybridized carbons (Fsp3) is 0.471. The van der Waals surface area contributed by atoms with Gasteiger partial charge in [-0.2, -0.15) is 0 Å². The Balaban J connectivity index is 2.26. The first-order valence-corrected chi connectivity index (χ1v) is 8.83. The average molecular weight is 398 g/mol. The summed E-state index contributed by atoms with van der Waals surface area (Å²) in [6, 6.07) is 3.20. The first-order valence-electron chi connectivity index (χ1n) is 7.75. The second-order valence-electron chi connectivity index (χ2n) is 5.68. The van der Waals surface area contributed by atoms with Gasteiger partial charge in [0.2, 0.25) is 0 Å². The maximum absolute atomic E-state index is 13.9. The van der Waals surface area contributed by atoms with Crippen LogP contribution in [0.3, 0.4) is 0 Å². The van der Waals surface area contributed by atoms with Crippen molar-refractivity contribution >= 4 is 39.2 Å². The molecule has 0 spiro atoms. The number of aryl methyl sites for hydroxylation is 1. The van der Waals surface area contributed by atoms with Gasteiger partial charge in [0.25, 0.3) is 0 Å². The van der Waals surface area contributed by atoms with E-state index in [0.29, 0.717) is 0 Å². The third-order valence-corrected chi connectivity index (χ3v) is 4.91. The number of hydrogen-bond donors (Lipinski definition) is 1.